The fourth-order valence-electron chi connectivity index (χ4n) is 1.53. The summed E-state index contributed by atoms with van der Waals surface area (Å²) in [6, 6.07) is 8.65. The Balaban J connectivity index is 2.54. The summed E-state index contributed by atoms with van der Waals surface area (Å²) in [5, 5.41) is 17.8. The predicted octanol–water partition coefficient (Wildman–Crippen LogP) is 3.08. The summed E-state index contributed by atoms with van der Waals surface area (Å²) in [4.78, 5) is 15.0. The number of aromatic carboxylic acids is 1. The van der Waals surface area contributed by atoms with Crippen LogP contribution in [0.1, 0.15) is 15.9 Å². The number of carboxylic acids is 1. The van der Waals surface area contributed by atoms with Gasteiger partial charge in [0, 0.05) is 22.4 Å². The van der Waals surface area contributed by atoms with E-state index >= 15 is 0 Å². The van der Waals surface area contributed by atoms with Gasteiger partial charge in [0.05, 0.1) is 11.1 Å². The number of nitriles is 1. The van der Waals surface area contributed by atoms with Gasteiger partial charge in [-0.05, 0) is 39.7 Å². The number of rotatable bonds is 2. The predicted molar refractivity (Wildman–Crippen MR) is 69.0 cm³/mol. The normalized spacial score (nSPS) is 9.78. The molecule has 0 fully saturated rings. The number of hydrogen-bond donors (Lipinski definition) is 1. The summed E-state index contributed by atoms with van der Waals surface area (Å²) in [6.07, 6.45) is 3.05. The second-order valence-electron chi connectivity index (χ2n) is 3.57. The molecule has 0 unspecified atom stereocenters. The smallest absolute Gasteiger partial charge is 0.336 e. The molecular formula is C13H7BrN2O2. The molecule has 0 radical (unpaired) electrons. The monoisotopic (exact) mass is 302 g/mol. The highest BCUT2D eigenvalue weighted by Gasteiger charge is 2.10. The van der Waals surface area contributed by atoms with Crippen LogP contribution in [0, 0.1) is 11.3 Å². The van der Waals surface area contributed by atoms with E-state index < -0.39 is 5.97 Å². The van der Waals surface area contributed by atoms with Crippen LogP contribution in [-0.2, 0) is 0 Å². The molecule has 0 amide bonds. The Morgan fingerprint density at radius 2 is 2.06 bits per heavy atom. The zero-order valence-corrected chi connectivity index (χ0v) is 10.7. The van der Waals surface area contributed by atoms with Crippen LogP contribution < -0.4 is 0 Å². The van der Waals surface area contributed by atoms with Crippen LogP contribution in [-0.4, -0.2) is 16.1 Å². The first-order chi connectivity index (χ1) is 8.61. The van der Waals surface area contributed by atoms with Crippen LogP contribution >= 0.6 is 15.9 Å². The molecule has 4 nitrogen and oxygen atoms in total. The highest BCUT2D eigenvalue weighted by atomic mass is 79.9. The highest BCUT2D eigenvalue weighted by Crippen LogP contribution is 2.25. The lowest BCUT2D eigenvalue weighted by molar-refractivity contribution is 0.0696. The minimum atomic E-state index is -1.01. The number of carbonyl (C=O) groups is 1. The Hall–Kier alpha value is -2.19. The molecule has 0 saturated heterocycles. The number of aromatic nitrogens is 1. The summed E-state index contributed by atoms with van der Waals surface area (Å²) in [5.74, 6) is -1.01. The zero-order valence-electron chi connectivity index (χ0n) is 9.09. The van der Waals surface area contributed by atoms with Gasteiger partial charge in [0.25, 0.3) is 0 Å². The first-order valence-corrected chi connectivity index (χ1v) is 5.79. The van der Waals surface area contributed by atoms with Crippen LogP contribution in [0.25, 0.3) is 11.1 Å². The fraction of sp³-hybridized carbons (Fsp3) is 0. The molecule has 0 atom stereocenters. The van der Waals surface area contributed by atoms with E-state index in [9.17, 15) is 4.79 Å². The molecule has 0 aliphatic heterocycles. The molecule has 5 heteroatoms. The number of halogens is 1. The Morgan fingerprint density at radius 1 is 1.28 bits per heavy atom. The Bertz CT molecular complexity index is 662. The topological polar surface area (TPSA) is 74.0 Å². The van der Waals surface area contributed by atoms with Gasteiger partial charge in [0.2, 0.25) is 0 Å². The van der Waals surface area contributed by atoms with Crippen LogP contribution in [0.15, 0.2) is 41.1 Å². The molecular weight excluding hydrogens is 296 g/mol. The van der Waals surface area contributed by atoms with Crippen LogP contribution in [0.5, 0.6) is 0 Å². The SMILES string of the molecule is N#Cc1cncc(-c2ccc(Br)c(C(=O)O)c2)c1. The number of nitrogens with zero attached hydrogens (tertiary/aromatic N) is 2. The molecule has 1 N–H and O–H groups in total. The molecule has 1 heterocycles. The lowest BCUT2D eigenvalue weighted by atomic mass is 10.0. The van der Waals surface area contributed by atoms with Gasteiger partial charge in [0.1, 0.15) is 6.07 Å². The van der Waals surface area contributed by atoms with Gasteiger partial charge in [-0.3, -0.25) is 4.98 Å². The average Bonchev–Trinajstić information content (AvgIpc) is 2.39. The third kappa shape index (κ3) is 2.39. The Labute approximate surface area is 112 Å². The molecule has 1 aromatic carbocycles. The molecule has 1 aromatic heterocycles. The lowest BCUT2D eigenvalue weighted by Crippen LogP contribution is -1.98. The first-order valence-electron chi connectivity index (χ1n) is 5.00. The molecule has 0 bridgehead atoms. The van der Waals surface area contributed by atoms with Crippen molar-refractivity contribution in [1.29, 1.82) is 5.26 Å². The van der Waals surface area contributed by atoms with Crippen molar-refractivity contribution in [1.82, 2.24) is 4.98 Å². The van der Waals surface area contributed by atoms with Crippen LogP contribution in [0.3, 0.4) is 0 Å². The molecule has 88 valence electrons. The summed E-state index contributed by atoms with van der Waals surface area (Å²) >= 11 is 3.18. The van der Waals surface area contributed by atoms with E-state index in [1.165, 1.54) is 6.20 Å². The average molecular weight is 303 g/mol. The van der Waals surface area contributed by atoms with Gasteiger partial charge in [0.15, 0.2) is 0 Å². The van der Waals surface area contributed by atoms with Crippen molar-refractivity contribution in [2.75, 3.05) is 0 Å². The molecule has 0 aliphatic carbocycles. The molecule has 0 aliphatic rings. The van der Waals surface area contributed by atoms with E-state index in [0.29, 0.717) is 21.2 Å². The van der Waals surface area contributed by atoms with Crippen molar-refractivity contribution >= 4 is 21.9 Å². The van der Waals surface area contributed by atoms with E-state index in [0.717, 1.165) is 0 Å². The maximum atomic E-state index is 11.0. The van der Waals surface area contributed by atoms with Crippen molar-refractivity contribution < 1.29 is 9.90 Å². The zero-order chi connectivity index (χ0) is 13.1. The van der Waals surface area contributed by atoms with E-state index in [4.69, 9.17) is 10.4 Å². The maximum Gasteiger partial charge on any atom is 0.336 e. The van der Waals surface area contributed by atoms with Gasteiger partial charge in [-0.1, -0.05) is 6.07 Å². The molecule has 2 rings (SSSR count). The first kappa shape index (κ1) is 12.3. The number of hydrogen-bond acceptors (Lipinski definition) is 3. The summed E-state index contributed by atoms with van der Waals surface area (Å²) in [6.45, 7) is 0. The molecule has 0 saturated carbocycles. The number of pyridine rings is 1. The third-order valence-corrected chi connectivity index (χ3v) is 3.09. The third-order valence-electron chi connectivity index (χ3n) is 2.40. The van der Waals surface area contributed by atoms with Gasteiger partial charge in [-0.2, -0.15) is 5.26 Å². The quantitative estimate of drug-likeness (QED) is 0.925. The van der Waals surface area contributed by atoms with E-state index in [-0.39, 0.29) is 5.56 Å². The summed E-state index contributed by atoms with van der Waals surface area (Å²) in [5.41, 5.74) is 2.03. The fourth-order valence-corrected chi connectivity index (χ4v) is 1.94. The minimum Gasteiger partial charge on any atom is -0.478 e. The van der Waals surface area contributed by atoms with Crippen molar-refractivity contribution in [2.24, 2.45) is 0 Å². The summed E-state index contributed by atoms with van der Waals surface area (Å²) in [7, 11) is 0. The van der Waals surface area contributed by atoms with Crippen molar-refractivity contribution in [3.8, 4) is 17.2 Å². The summed E-state index contributed by atoms with van der Waals surface area (Å²) < 4.78 is 0.517. The van der Waals surface area contributed by atoms with Crippen LogP contribution in [0.2, 0.25) is 0 Å². The number of carboxylic acid groups (broad SMARTS) is 1. The Kier molecular flexibility index (Phi) is 3.40. The van der Waals surface area contributed by atoms with E-state index in [2.05, 4.69) is 20.9 Å². The van der Waals surface area contributed by atoms with E-state index in [1.807, 2.05) is 6.07 Å². The lowest BCUT2D eigenvalue weighted by Gasteiger charge is -2.04. The second kappa shape index (κ2) is 4.98. The number of benzene rings is 1. The maximum absolute atomic E-state index is 11.0. The largest absolute Gasteiger partial charge is 0.478 e. The molecule has 0 spiro atoms. The van der Waals surface area contributed by atoms with Crippen molar-refractivity contribution in [2.45, 2.75) is 0 Å². The van der Waals surface area contributed by atoms with Crippen molar-refractivity contribution in [3.05, 3.63) is 52.3 Å². The minimum absolute atomic E-state index is 0.176. The van der Waals surface area contributed by atoms with Gasteiger partial charge < -0.3 is 5.11 Å². The van der Waals surface area contributed by atoms with E-state index in [1.54, 1.807) is 30.5 Å². The van der Waals surface area contributed by atoms with Crippen molar-refractivity contribution in [3.63, 3.8) is 0 Å². The van der Waals surface area contributed by atoms with Gasteiger partial charge >= 0.3 is 5.97 Å². The molecule has 18 heavy (non-hydrogen) atoms. The highest BCUT2D eigenvalue weighted by molar-refractivity contribution is 9.10. The molecule has 2 aromatic rings. The van der Waals surface area contributed by atoms with Gasteiger partial charge in [-0.15, -0.1) is 0 Å². The van der Waals surface area contributed by atoms with Gasteiger partial charge in [-0.25, -0.2) is 4.79 Å². The standard InChI is InChI=1S/C13H7BrN2O2/c14-12-2-1-9(4-11(12)13(17)18)10-3-8(5-15)6-16-7-10/h1-4,6-7H,(H,17,18). The second-order valence-corrected chi connectivity index (χ2v) is 4.43. The van der Waals surface area contributed by atoms with Crippen LogP contribution in [0.4, 0.5) is 0 Å². The Morgan fingerprint density at radius 3 is 2.72 bits per heavy atom.